The number of nitro groups is 1. The van der Waals surface area contributed by atoms with Crippen LogP contribution in [0.1, 0.15) is 19.3 Å². The highest BCUT2D eigenvalue weighted by Crippen LogP contribution is 2.24. The van der Waals surface area contributed by atoms with Crippen molar-refractivity contribution in [2.75, 3.05) is 24.6 Å². The maximum Gasteiger partial charge on any atom is 0.287 e. The zero-order valence-electron chi connectivity index (χ0n) is 10.2. The molecule has 1 aromatic heterocycles. The van der Waals surface area contributed by atoms with Gasteiger partial charge in [0.15, 0.2) is 0 Å². The van der Waals surface area contributed by atoms with Gasteiger partial charge in [0.1, 0.15) is 12.0 Å². The fourth-order valence-electron chi connectivity index (χ4n) is 2.36. The van der Waals surface area contributed by atoms with Crippen molar-refractivity contribution >= 4 is 11.5 Å². The number of aliphatic hydroxyl groups excluding tert-OH is 1. The SMILES string of the molecule is O=[N+]([O-])c1ccc(N2CCCC(CCO)C2)nc1. The summed E-state index contributed by atoms with van der Waals surface area (Å²) in [6.45, 7) is 2.00. The summed E-state index contributed by atoms with van der Waals surface area (Å²) in [5.41, 5.74) is 0.0164. The largest absolute Gasteiger partial charge is 0.396 e. The molecule has 1 fully saturated rings. The monoisotopic (exact) mass is 251 g/mol. The molecular weight excluding hydrogens is 234 g/mol. The Balaban J connectivity index is 2.04. The number of nitrogens with zero attached hydrogens (tertiary/aromatic N) is 3. The molecule has 0 aromatic carbocycles. The molecule has 1 aliphatic heterocycles. The van der Waals surface area contributed by atoms with Crippen molar-refractivity contribution < 1.29 is 10.0 Å². The molecule has 0 spiro atoms. The van der Waals surface area contributed by atoms with Crippen LogP contribution >= 0.6 is 0 Å². The minimum atomic E-state index is -0.443. The van der Waals surface area contributed by atoms with E-state index in [1.165, 1.54) is 12.3 Å². The van der Waals surface area contributed by atoms with E-state index in [1.807, 2.05) is 0 Å². The third-order valence-electron chi connectivity index (χ3n) is 3.32. The van der Waals surface area contributed by atoms with Gasteiger partial charge in [-0.1, -0.05) is 0 Å². The van der Waals surface area contributed by atoms with Crippen molar-refractivity contribution in [3.63, 3.8) is 0 Å². The molecule has 0 aliphatic carbocycles. The van der Waals surface area contributed by atoms with Gasteiger partial charge < -0.3 is 10.0 Å². The van der Waals surface area contributed by atoms with Crippen LogP contribution in [0.3, 0.4) is 0 Å². The van der Waals surface area contributed by atoms with Crippen LogP contribution < -0.4 is 4.90 Å². The lowest BCUT2D eigenvalue weighted by atomic mass is 9.95. The third kappa shape index (κ3) is 2.95. The molecular formula is C12H17N3O3. The maximum atomic E-state index is 10.5. The van der Waals surface area contributed by atoms with E-state index in [0.29, 0.717) is 5.92 Å². The Hall–Kier alpha value is -1.69. The number of rotatable bonds is 4. The van der Waals surface area contributed by atoms with E-state index in [-0.39, 0.29) is 12.3 Å². The number of anilines is 1. The predicted molar refractivity (Wildman–Crippen MR) is 67.5 cm³/mol. The second-order valence-corrected chi connectivity index (χ2v) is 4.60. The molecule has 98 valence electrons. The van der Waals surface area contributed by atoms with Crippen LogP contribution in [0, 0.1) is 16.0 Å². The highest BCUT2D eigenvalue weighted by Gasteiger charge is 2.20. The van der Waals surface area contributed by atoms with Crippen LogP contribution in [0.4, 0.5) is 11.5 Å². The first-order valence-corrected chi connectivity index (χ1v) is 6.17. The molecule has 6 heteroatoms. The fraction of sp³-hybridized carbons (Fsp3) is 0.583. The molecule has 1 aromatic rings. The van der Waals surface area contributed by atoms with Crippen molar-refractivity contribution in [3.05, 3.63) is 28.4 Å². The molecule has 0 amide bonds. The number of aliphatic hydroxyl groups is 1. The van der Waals surface area contributed by atoms with Crippen molar-refractivity contribution in [3.8, 4) is 0 Å². The number of pyridine rings is 1. The minimum absolute atomic E-state index is 0.0164. The highest BCUT2D eigenvalue weighted by molar-refractivity contribution is 5.43. The smallest absolute Gasteiger partial charge is 0.287 e. The first kappa shape index (κ1) is 12.8. The zero-order chi connectivity index (χ0) is 13.0. The van der Waals surface area contributed by atoms with Crippen molar-refractivity contribution in [1.29, 1.82) is 0 Å². The van der Waals surface area contributed by atoms with Crippen LogP contribution in [0.2, 0.25) is 0 Å². The van der Waals surface area contributed by atoms with Crippen molar-refractivity contribution in [2.24, 2.45) is 5.92 Å². The van der Waals surface area contributed by atoms with Crippen LogP contribution in [0.5, 0.6) is 0 Å². The average molecular weight is 251 g/mol. The quantitative estimate of drug-likeness (QED) is 0.649. The molecule has 0 bridgehead atoms. The summed E-state index contributed by atoms with van der Waals surface area (Å²) in [5, 5.41) is 19.5. The summed E-state index contributed by atoms with van der Waals surface area (Å²) in [5.74, 6) is 1.27. The third-order valence-corrected chi connectivity index (χ3v) is 3.32. The average Bonchev–Trinajstić information content (AvgIpc) is 2.39. The van der Waals surface area contributed by atoms with Crippen LogP contribution in [0.15, 0.2) is 18.3 Å². The Kier molecular flexibility index (Phi) is 4.09. The van der Waals surface area contributed by atoms with E-state index >= 15 is 0 Å². The van der Waals surface area contributed by atoms with Crippen LogP contribution in [-0.2, 0) is 0 Å². The van der Waals surface area contributed by atoms with Gasteiger partial charge in [-0.05, 0) is 31.2 Å². The summed E-state index contributed by atoms with van der Waals surface area (Å²) < 4.78 is 0. The van der Waals surface area contributed by atoms with Gasteiger partial charge in [-0.2, -0.15) is 0 Å². The topological polar surface area (TPSA) is 79.5 Å². The lowest BCUT2D eigenvalue weighted by molar-refractivity contribution is -0.385. The molecule has 0 radical (unpaired) electrons. The summed E-state index contributed by atoms with van der Waals surface area (Å²) in [6.07, 6.45) is 4.31. The van der Waals surface area contributed by atoms with E-state index in [4.69, 9.17) is 5.11 Å². The number of hydrogen-bond acceptors (Lipinski definition) is 5. The minimum Gasteiger partial charge on any atom is -0.396 e. The van der Waals surface area contributed by atoms with Gasteiger partial charge in [0, 0.05) is 25.8 Å². The molecule has 1 N–H and O–H groups in total. The molecule has 2 rings (SSSR count). The lowest BCUT2D eigenvalue weighted by Gasteiger charge is -2.33. The van der Waals surface area contributed by atoms with Gasteiger partial charge in [-0.3, -0.25) is 10.1 Å². The molecule has 18 heavy (non-hydrogen) atoms. The van der Waals surface area contributed by atoms with Crippen molar-refractivity contribution in [1.82, 2.24) is 4.98 Å². The molecule has 1 saturated heterocycles. The summed E-state index contributed by atoms with van der Waals surface area (Å²) in [7, 11) is 0. The molecule has 6 nitrogen and oxygen atoms in total. The first-order chi connectivity index (χ1) is 8.70. The van der Waals surface area contributed by atoms with Gasteiger partial charge in [0.25, 0.3) is 5.69 Å². The van der Waals surface area contributed by atoms with Crippen molar-refractivity contribution in [2.45, 2.75) is 19.3 Å². The molecule has 0 saturated carbocycles. The molecule has 1 atom stereocenters. The normalized spacial score (nSPS) is 19.8. The summed E-state index contributed by atoms with van der Waals surface area (Å²) in [4.78, 5) is 16.4. The van der Waals surface area contributed by atoms with Gasteiger partial charge in [0.05, 0.1) is 4.92 Å². The zero-order valence-corrected chi connectivity index (χ0v) is 10.2. The Morgan fingerprint density at radius 1 is 1.56 bits per heavy atom. The van der Waals surface area contributed by atoms with Crippen LogP contribution in [-0.4, -0.2) is 34.7 Å². The number of hydrogen-bond donors (Lipinski definition) is 1. The predicted octanol–water partition coefficient (Wildman–Crippen LogP) is 1.59. The van der Waals surface area contributed by atoms with E-state index in [9.17, 15) is 10.1 Å². The van der Waals surface area contributed by atoms with E-state index in [0.717, 1.165) is 38.2 Å². The molecule has 1 unspecified atom stereocenters. The van der Waals surface area contributed by atoms with Gasteiger partial charge in [-0.15, -0.1) is 0 Å². The second kappa shape index (κ2) is 5.77. The van der Waals surface area contributed by atoms with E-state index in [2.05, 4.69) is 9.88 Å². The summed E-state index contributed by atoms with van der Waals surface area (Å²) in [6, 6.07) is 3.18. The van der Waals surface area contributed by atoms with Crippen LogP contribution in [0.25, 0.3) is 0 Å². The Morgan fingerprint density at radius 3 is 3.00 bits per heavy atom. The maximum absolute atomic E-state index is 10.5. The van der Waals surface area contributed by atoms with Gasteiger partial charge in [-0.25, -0.2) is 4.98 Å². The highest BCUT2D eigenvalue weighted by atomic mass is 16.6. The number of aromatic nitrogens is 1. The van der Waals surface area contributed by atoms with E-state index in [1.54, 1.807) is 6.07 Å². The second-order valence-electron chi connectivity index (χ2n) is 4.60. The molecule has 2 heterocycles. The number of piperidine rings is 1. The standard InChI is InChI=1S/C12H17N3O3/c16-7-5-10-2-1-6-14(9-10)12-4-3-11(8-13-12)15(17)18/h3-4,8,10,16H,1-2,5-7,9H2. The molecule has 1 aliphatic rings. The Bertz CT molecular complexity index is 406. The lowest BCUT2D eigenvalue weighted by Crippen LogP contribution is -2.36. The Labute approximate surface area is 105 Å². The Morgan fingerprint density at radius 2 is 2.39 bits per heavy atom. The fourth-order valence-corrected chi connectivity index (χ4v) is 2.36. The first-order valence-electron chi connectivity index (χ1n) is 6.17. The van der Waals surface area contributed by atoms with E-state index < -0.39 is 4.92 Å². The van der Waals surface area contributed by atoms with Gasteiger partial charge >= 0.3 is 0 Å². The van der Waals surface area contributed by atoms with Gasteiger partial charge in [0.2, 0.25) is 0 Å². The summed E-state index contributed by atoms with van der Waals surface area (Å²) >= 11 is 0.